The maximum absolute atomic E-state index is 11.9. The first-order valence-corrected chi connectivity index (χ1v) is 5.78. The van der Waals surface area contributed by atoms with Gasteiger partial charge in [0.05, 0.1) is 0 Å². The molecule has 0 saturated carbocycles. The third kappa shape index (κ3) is 2.67. The molecule has 1 aliphatic heterocycles. The van der Waals surface area contributed by atoms with Gasteiger partial charge in [-0.05, 0) is 18.4 Å². The summed E-state index contributed by atoms with van der Waals surface area (Å²) < 4.78 is 4.94. The number of amides is 1. The lowest BCUT2D eigenvalue weighted by molar-refractivity contribution is -0.131. The van der Waals surface area contributed by atoms with Crippen LogP contribution in [-0.2, 0) is 9.45 Å². The van der Waals surface area contributed by atoms with Crippen molar-refractivity contribution >= 4 is 19.9 Å². The van der Waals surface area contributed by atoms with Gasteiger partial charge in [-0.2, -0.15) is 0 Å². The molecule has 88 valence electrons. The minimum Gasteiger partial charge on any atom is -0.536 e. The summed E-state index contributed by atoms with van der Waals surface area (Å²) in [5.41, 5.74) is 1.13. The summed E-state index contributed by atoms with van der Waals surface area (Å²) in [6.45, 7) is 0. The van der Waals surface area contributed by atoms with E-state index in [1.807, 2.05) is 30.3 Å². The van der Waals surface area contributed by atoms with Crippen LogP contribution in [0.15, 0.2) is 30.3 Å². The van der Waals surface area contributed by atoms with E-state index >= 15 is 0 Å². The van der Waals surface area contributed by atoms with E-state index in [9.17, 15) is 4.79 Å². The van der Waals surface area contributed by atoms with Crippen LogP contribution in [0.2, 0.25) is 0 Å². The molecule has 0 aromatic heterocycles. The average molecular weight is 230 g/mol. The predicted octanol–water partition coefficient (Wildman–Crippen LogP) is 1.63. The van der Waals surface area contributed by atoms with E-state index in [0.717, 1.165) is 24.8 Å². The number of hydrogen-bond acceptors (Lipinski definition) is 3. The van der Waals surface area contributed by atoms with Gasteiger partial charge in [0, 0.05) is 12.5 Å². The molecule has 1 heterocycles. The number of rotatable bonds is 4. The van der Waals surface area contributed by atoms with Gasteiger partial charge in [0.15, 0.2) is 0 Å². The van der Waals surface area contributed by atoms with Gasteiger partial charge in [0.25, 0.3) is 0 Å². The van der Waals surface area contributed by atoms with Gasteiger partial charge < -0.3 is 9.47 Å². The molecule has 1 atom stereocenters. The highest BCUT2D eigenvalue weighted by Gasteiger charge is 2.30. The smallest absolute Gasteiger partial charge is 0.467 e. The van der Waals surface area contributed by atoms with E-state index in [2.05, 4.69) is 0 Å². The summed E-state index contributed by atoms with van der Waals surface area (Å²) >= 11 is 0. The predicted molar refractivity (Wildman–Crippen MR) is 66.9 cm³/mol. The van der Waals surface area contributed by atoms with E-state index < -0.39 is 0 Å². The molecule has 1 unspecified atom stereocenters. The molecule has 1 saturated heterocycles. The van der Waals surface area contributed by atoms with E-state index in [1.54, 1.807) is 4.81 Å². The van der Waals surface area contributed by atoms with E-state index in [4.69, 9.17) is 10.1 Å². The summed E-state index contributed by atoms with van der Waals surface area (Å²) in [4.78, 5) is 13.6. The highest BCUT2D eigenvalue weighted by Crippen LogP contribution is 2.30. The zero-order chi connectivity index (χ0) is 12.1. The number of carbonyl (C=O) groups is 1. The Kier molecular flexibility index (Phi) is 3.80. The van der Waals surface area contributed by atoms with Gasteiger partial charge in [-0.15, -0.1) is 0 Å². The fourth-order valence-electron chi connectivity index (χ4n) is 2.22. The molecular weight excluding hydrogens is 215 g/mol. The molecule has 1 aliphatic rings. The number of nitrogens with zero attached hydrogens (tertiary/aromatic N) is 1. The number of piperidine rings is 1. The van der Waals surface area contributed by atoms with Gasteiger partial charge in [0.2, 0.25) is 5.91 Å². The molecule has 1 fully saturated rings. The normalized spacial score (nSPS) is 19.9. The molecule has 1 amide bonds. The molecule has 0 aliphatic carbocycles. The van der Waals surface area contributed by atoms with Crippen molar-refractivity contribution in [3.63, 3.8) is 0 Å². The summed E-state index contributed by atoms with van der Waals surface area (Å²) in [5.74, 6) is 0.104. The molecule has 4 nitrogen and oxygen atoms in total. The monoisotopic (exact) mass is 230 g/mol. The summed E-state index contributed by atoms with van der Waals surface area (Å²) in [6.07, 6.45) is 3.32. The van der Waals surface area contributed by atoms with Crippen molar-refractivity contribution in [2.75, 3.05) is 0 Å². The third-order valence-electron chi connectivity index (χ3n) is 3.05. The van der Waals surface area contributed by atoms with Crippen LogP contribution in [0, 0.1) is 5.41 Å². The van der Waals surface area contributed by atoms with Crippen molar-refractivity contribution in [2.24, 2.45) is 0 Å². The van der Waals surface area contributed by atoms with Crippen molar-refractivity contribution in [3.05, 3.63) is 35.9 Å². The molecule has 2 rings (SSSR count). The Morgan fingerprint density at radius 3 is 2.88 bits per heavy atom. The largest absolute Gasteiger partial charge is 0.536 e. The van der Waals surface area contributed by atoms with Crippen LogP contribution in [0.5, 0.6) is 0 Å². The molecule has 5 heteroatoms. The lowest BCUT2D eigenvalue weighted by atomic mass is 9.90. The lowest BCUT2D eigenvalue weighted by Crippen LogP contribution is -2.41. The standard InChI is InChI=1S/C12H15BN2O2/c14-9-17-13-15-11(7-4-8-12(15)16)10-5-2-1-3-6-10/h1-3,5-6,9,11,13-14H,4,7-8H2. The Balaban J connectivity index is 2.17. The SMILES string of the molecule is N=COBN1C(=O)CCCC1c1ccccc1. The second-order valence-electron chi connectivity index (χ2n) is 4.10. The van der Waals surface area contributed by atoms with Crippen molar-refractivity contribution < 1.29 is 9.45 Å². The van der Waals surface area contributed by atoms with Crippen LogP contribution in [0.3, 0.4) is 0 Å². The number of hydrogen-bond donors (Lipinski definition) is 1. The molecule has 0 spiro atoms. The maximum Gasteiger partial charge on any atom is 0.467 e. The molecule has 0 bridgehead atoms. The van der Waals surface area contributed by atoms with E-state index in [0.29, 0.717) is 6.42 Å². The van der Waals surface area contributed by atoms with Crippen LogP contribution in [0.1, 0.15) is 30.9 Å². The van der Waals surface area contributed by atoms with Crippen molar-refractivity contribution in [1.82, 2.24) is 4.81 Å². The Hall–Kier alpha value is -1.78. The van der Waals surface area contributed by atoms with E-state index in [1.165, 1.54) is 0 Å². The first kappa shape index (κ1) is 11.7. The van der Waals surface area contributed by atoms with Crippen LogP contribution in [-0.4, -0.2) is 24.7 Å². The van der Waals surface area contributed by atoms with Gasteiger partial charge in [0.1, 0.15) is 6.40 Å². The Bertz CT molecular complexity index is 397. The Morgan fingerprint density at radius 2 is 2.18 bits per heavy atom. The van der Waals surface area contributed by atoms with Crippen molar-refractivity contribution in [2.45, 2.75) is 25.3 Å². The zero-order valence-electron chi connectivity index (χ0n) is 9.63. The number of nitrogens with one attached hydrogen (secondary N) is 1. The van der Waals surface area contributed by atoms with E-state index in [-0.39, 0.29) is 19.6 Å². The van der Waals surface area contributed by atoms with Gasteiger partial charge in [-0.1, -0.05) is 30.3 Å². The molecule has 1 N–H and O–H groups in total. The van der Waals surface area contributed by atoms with Crippen LogP contribution < -0.4 is 0 Å². The molecule has 1 aromatic rings. The quantitative estimate of drug-likeness (QED) is 0.485. The third-order valence-corrected chi connectivity index (χ3v) is 3.05. The highest BCUT2D eigenvalue weighted by atomic mass is 16.4. The second kappa shape index (κ2) is 5.52. The first-order valence-electron chi connectivity index (χ1n) is 5.78. The summed E-state index contributed by atoms with van der Waals surface area (Å²) in [7, 11) is 0.169. The second-order valence-corrected chi connectivity index (χ2v) is 4.10. The van der Waals surface area contributed by atoms with Gasteiger partial charge in [-0.25, -0.2) is 0 Å². The highest BCUT2D eigenvalue weighted by molar-refractivity contribution is 6.31. The summed E-state index contributed by atoms with van der Waals surface area (Å²) in [6, 6.07) is 10.1. The molecule has 17 heavy (non-hydrogen) atoms. The molecule has 1 aromatic carbocycles. The van der Waals surface area contributed by atoms with Crippen LogP contribution in [0.25, 0.3) is 0 Å². The average Bonchev–Trinajstić information content (AvgIpc) is 2.38. The maximum atomic E-state index is 11.9. The van der Waals surface area contributed by atoms with Crippen LogP contribution in [0.4, 0.5) is 0 Å². The summed E-state index contributed by atoms with van der Waals surface area (Å²) in [5, 5.41) is 6.87. The Morgan fingerprint density at radius 1 is 1.41 bits per heavy atom. The van der Waals surface area contributed by atoms with Crippen molar-refractivity contribution in [3.8, 4) is 0 Å². The minimum absolute atomic E-state index is 0.0809. The van der Waals surface area contributed by atoms with Gasteiger partial charge >= 0.3 is 7.62 Å². The minimum atomic E-state index is 0.0809. The van der Waals surface area contributed by atoms with Gasteiger partial charge in [-0.3, -0.25) is 10.2 Å². The van der Waals surface area contributed by atoms with Crippen molar-refractivity contribution in [1.29, 1.82) is 5.41 Å². The fraction of sp³-hybridized carbons (Fsp3) is 0.333. The number of benzene rings is 1. The zero-order valence-corrected chi connectivity index (χ0v) is 9.63. The molecular formula is C12H15BN2O2. The lowest BCUT2D eigenvalue weighted by Gasteiger charge is -2.34. The van der Waals surface area contributed by atoms with Crippen LogP contribution >= 0.6 is 0 Å². The molecule has 0 radical (unpaired) electrons. The first-order chi connectivity index (χ1) is 8.33. The Labute approximate surface area is 101 Å². The fourth-order valence-corrected chi connectivity index (χ4v) is 2.22. The topological polar surface area (TPSA) is 53.4 Å². The number of carbonyl (C=O) groups excluding carboxylic acids is 1.